The number of thiocarbonyl (C=S) groups is 2. The number of ether oxygens (including phenoxy) is 2. The molecule has 0 radical (unpaired) electrons. The fourth-order valence-corrected chi connectivity index (χ4v) is 6.94. The van der Waals surface area contributed by atoms with E-state index in [2.05, 4.69) is 41.7 Å². The third-order valence-electron chi connectivity index (χ3n) is 6.44. The molecule has 2 heterocycles. The molecule has 1 atom stereocenters. The number of aromatic amines is 1. The molecule has 0 saturated heterocycles. The average Bonchev–Trinajstić information content (AvgIpc) is 3.65. The molecular formula is C30H40N8O10S4. The Balaban J connectivity index is 0.000000304. The Morgan fingerprint density at radius 3 is 2.04 bits per heavy atom. The maximum absolute atomic E-state index is 12.8. The Morgan fingerprint density at radius 1 is 0.942 bits per heavy atom. The summed E-state index contributed by atoms with van der Waals surface area (Å²) in [6.07, 6.45) is 1.07. The highest BCUT2D eigenvalue weighted by molar-refractivity contribution is 7.92. The van der Waals surface area contributed by atoms with Gasteiger partial charge in [0.25, 0.3) is 21.1 Å². The van der Waals surface area contributed by atoms with Crippen molar-refractivity contribution in [3.05, 3.63) is 80.1 Å². The van der Waals surface area contributed by atoms with E-state index in [1.54, 1.807) is 45.0 Å². The molecule has 0 spiro atoms. The van der Waals surface area contributed by atoms with Crippen LogP contribution in [0.2, 0.25) is 0 Å². The second-order valence-corrected chi connectivity index (χ2v) is 13.0. The van der Waals surface area contributed by atoms with E-state index in [0.29, 0.717) is 53.9 Å². The Labute approximate surface area is 313 Å². The van der Waals surface area contributed by atoms with E-state index in [-0.39, 0.29) is 21.4 Å². The largest absolute Gasteiger partial charge is 0.492 e. The lowest BCUT2D eigenvalue weighted by molar-refractivity contribution is 0.149. The van der Waals surface area contributed by atoms with Crippen molar-refractivity contribution in [2.75, 3.05) is 27.4 Å². The highest BCUT2D eigenvalue weighted by Crippen LogP contribution is 2.28. The minimum Gasteiger partial charge on any atom is -0.492 e. The lowest BCUT2D eigenvalue weighted by Crippen LogP contribution is -2.41. The number of rotatable bonds is 13. The second-order valence-electron chi connectivity index (χ2n) is 9.79. The van der Waals surface area contributed by atoms with Crippen molar-refractivity contribution in [2.24, 2.45) is 5.16 Å². The standard InChI is InChI=1S/C15H20N4O5S2.C10H11NO3S2.C5H9N3O2/c1-5-12-16-18(15(20)19(12)23-4)14(25)17-26(21,22)13-10(3)8-7-9-11(13)24-6-2;1-3-13-9-6-4-5-8(2)10(9)16(12)14-11-7-15;1-3-4-6-7-5(9)8(4)10-2/h7-9H,5-6H2,1-4H3,(H,17,25);4-6H,3H2,1-2H3;3H2,1-2H3,(H,7,9). The van der Waals surface area contributed by atoms with Crippen LogP contribution >= 0.6 is 24.4 Å². The Hall–Kier alpha value is -4.89. The van der Waals surface area contributed by atoms with Crippen molar-refractivity contribution in [3.8, 4) is 11.5 Å². The zero-order chi connectivity index (χ0) is 39.0. The number of aromatic nitrogens is 6. The summed E-state index contributed by atoms with van der Waals surface area (Å²) in [7, 11) is -1.36. The molecule has 0 fully saturated rings. The lowest BCUT2D eigenvalue weighted by Gasteiger charge is -2.14. The van der Waals surface area contributed by atoms with Crippen LogP contribution in [0.3, 0.4) is 0 Å². The Bertz CT molecular complexity index is 2120. The number of nitrogens with zero attached hydrogens (tertiary/aromatic N) is 6. The molecule has 18 nitrogen and oxygen atoms in total. The molecule has 4 aromatic rings. The third-order valence-corrected chi connectivity index (χ3v) is 9.51. The van der Waals surface area contributed by atoms with Crippen LogP contribution in [0.1, 0.15) is 50.5 Å². The van der Waals surface area contributed by atoms with E-state index in [1.165, 1.54) is 14.2 Å². The number of isothiocyanates is 1. The fraction of sp³-hybridized carbons (Fsp3) is 0.400. The molecule has 0 aliphatic heterocycles. The van der Waals surface area contributed by atoms with Crippen LogP contribution in [0, 0.1) is 13.8 Å². The number of hydrogen-bond donors (Lipinski definition) is 2. The molecule has 0 amide bonds. The minimum atomic E-state index is -4.09. The highest BCUT2D eigenvalue weighted by atomic mass is 32.2. The van der Waals surface area contributed by atoms with E-state index in [0.717, 1.165) is 19.7 Å². The molecule has 0 aliphatic carbocycles. The quantitative estimate of drug-likeness (QED) is 0.113. The SMILES string of the molecule is CCOc1cccc(C)c1S(=O)(=O)NC(=S)n1nc(CC)n(OC)c1=O.CCOc1cccc(C)c1S(=O)ON=C=S.CCc1n[nH]c(=O)n1OC. The highest BCUT2D eigenvalue weighted by Gasteiger charge is 2.26. The van der Waals surface area contributed by atoms with Crippen molar-refractivity contribution >= 4 is 55.8 Å². The normalized spacial score (nSPS) is 11.0. The van der Waals surface area contributed by atoms with Crippen molar-refractivity contribution < 1.29 is 36.1 Å². The molecule has 4 rings (SSSR count). The molecule has 52 heavy (non-hydrogen) atoms. The number of nitrogens with one attached hydrogen (secondary N) is 2. The number of benzene rings is 2. The number of aryl methyl sites for hydroxylation is 4. The molecule has 284 valence electrons. The van der Waals surface area contributed by atoms with Crippen molar-refractivity contribution in [1.82, 2.24) is 34.2 Å². The second kappa shape index (κ2) is 20.8. The van der Waals surface area contributed by atoms with Crippen LogP contribution in [0.5, 0.6) is 11.5 Å². The van der Waals surface area contributed by atoms with Crippen LogP contribution < -0.4 is 35.3 Å². The van der Waals surface area contributed by atoms with Crippen LogP contribution in [0.25, 0.3) is 0 Å². The van der Waals surface area contributed by atoms with E-state index >= 15 is 0 Å². The number of H-pyrrole nitrogens is 1. The van der Waals surface area contributed by atoms with Gasteiger partial charge in [-0.1, -0.05) is 38.1 Å². The first-order chi connectivity index (χ1) is 24.8. The van der Waals surface area contributed by atoms with Gasteiger partial charge in [0, 0.05) is 12.8 Å². The van der Waals surface area contributed by atoms with Gasteiger partial charge in [0.15, 0.2) is 11.6 Å². The van der Waals surface area contributed by atoms with E-state index in [4.69, 9.17) is 31.4 Å². The monoisotopic (exact) mass is 800 g/mol. The maximum Gasteiger partial charge on any atom is 0.386 e. The summed E-state index contributed by atoms with van der Waals surface area (Å²) in [6.45, 7) is 11.5. The summed E-state index contributed by atoms with van der Waals surface area (Å²) in [5, 5.41) is 14.8. The topological polar surface area (TPSA) is 212 Å². The van der Waals surface area contributed by atoms with Gasteiger partial charge in [-0.3, -0.25) is 9.01 Å². The Morgan fingerprint density at radius 2 is 1.52 bits per heavy atom. The molecule has 0 saturated carbocycles. The lowest BCUT2D eigenvalue weighted by atomic mass is 10.2. The van der Waals surface area contributed by atoms with E-state index in [9.17, 15) is 22.2 Å². The van der Waals surface area contributed by atoms with Gasteiger partial charge in [0.05, 0.1) is 13.2 Å². The molecule has 2 aromatic carbocycles. The first-order valence-electron chi connectivity index (χ1n) is 15.4. The van der Waals surface area contributed by atoms with Gasteiger partial charge >= 0.3 is 11.4 Å². The van der Waals surface area contributed by atoms with Gasteiger partial charge < -0.3 is 19.1 Å². The summed E-state index contributed by atoms with van der Waals surface area (Å²) in [4.78, 5) is 33.1. The van der Waals surface area contributed by atoms with E-state index in [1.807, 2.05) is 38.1 Å². The van der Waals surface area contributed by atoms with Gasteiger partial charge in [-0.15, -0.1) is 19.2 Å². The first kappa shape index (κ1) is 43.3. The zero-order valence-corrected chi connectivity index (χ0v) is 33.0. The van der Waals surface area contributed by atoms with Crippen LogP contribution in [0.4, 0.5) is 0 Å². The van der Waals surface area contributed by atoms with Gasteiger partial charge in [0.2, 0.25) is 5.11 Å². The van der Waals surface area contributed by atoms with Crippen molar-refractivity contribution in [1.29, 1.82) is 0 Å². The Kier molecular flexibility index (Phi) is 17.3. The van der Waals surface area contributed by atoms with Crippen molar-refractivity contribution in [3.63, 3.8) is 0 Å². The molecule has 1 unspecified atom stereocenters. The van der Waals surface area contributed by atoms with E-state index < -0.39 is 26.8 Å². The summed E-state index contributed by atoms with van der Waals surface area (Å²) in [6, 6.07) is 10.3. The molecule has 22 heteroatoms. The maximum atomic E-state index is 12.8. The molecule has 0 bridgehead atoms. The van der Waals surface area contributed by atoms with Crippen molar-refractivity contribution in [2.45, 2.75) is 64.2 Å². The predicted molar refractivity (Wildman–Crippen MR) is 199 cm³/mol. The van der Waals surface area contributed by atoms with Gasteiger partial charge in [-0.05, 0) is 80.5 Å². The third kappa shape index (κ3) is 11.1. The summed E-state index contributed by atoms with van der Waals surface area (Å²) in [5.41, 5.74) is 0.255. The molecule has 2 N–H and O–H groups in total. The van der Waals surface area contributed by atoms with Crippen LogP contribution in [-0.4, -0.2) is 79.8 Å². The summed E-state index contributed by atoms with van der Waals surface area (Å²) >= 11 is 7.68. The fourth-order valence-electron chi connectivity index (χ4n) is 4.30. The van der Waals surface area contributed by atoms with Crippen LogP contribution in [-0.2, 0) is 38.2 Å². The van der Waals surface area contributed by atoms with Gasteiger partial charge in [-0.25, -0.2) is 27.3 Å². The van der Waals surface area contributed by atoms with Crippen LogP contribution in [0.15, 0.2) is 60.9 Å². The smallest absolute Gasteiger partial charge is 0.386 e. The number of sulfonamides is 1. The summed E-state index contributed by atoms with van der Waals surface area (Å²) < 4.78 is 57.8. The van der Waals surface area contributed by atoms with Gasteiger partial charge in [-0.2, -0.15) is 5.10 Å². The first-order valence-corrected chi connectivity index (χ1v) is 18.8. The zero-order valence-electron chi connectivity index (χ0n) is 29.7. The van der Waals surface area contributed by atoms with Gasteiger partial charge in [0.1, 0.15) is 40.7 Å². The minimum absolute atomic E-state index is 0.0425. The average molecular weight is 801 g/mol. The molecular weight excluding hydrogens is 761 g/mol. The summed E-state index contributed by atoms with van der Waals surface area (Å²) in [5.74, 6) is 1.64. The predicted octanol–water partition coefficient (Wildman–Crippen LogP) is 2.13. The molecule has 0 aliphatic rings. The molecule has 2 aromatic heterocycles. The number of hydrogen-bond acceptors (Lipinski definition) is 15.